The van der Waals surface area contributed by atoms with Crippen LogP contribution in [0.3, 0.4) is 0 Å². The average molecular weight is 212 g/mol. The molecule has 0 saturated heterocycles. The second-order valence-corrected chi connectivity index (χ2v) is 3.79. The summed E-state index contributed by atoms with van der Waals surface area (Å²) in [4.78, 5) is 4.16. The van der Waals surface area contributed by atoms with Gasteiger partial charge in [0, 0.05) is 11.4 Å². The van der Waals surface area contributed by atoms with Crippen LogP contribution in [0.2, 0.25) is 0 Å². The third-order valence-electron chi connectivity index (χ3n) is 1.69. The van der Waals surface area contributed by atoms with Crippen LogP contribution < -0.4 is 5.73 Å². The van der Waals surface area contributed by atoms with Gasteiger partial charge in [-0.1, -0.05) is 11.8 Å². The molecule has 14 heavy (non-hydrogen) atoms. The van der Waals surface area contributed by atoms with Gasteiger partial charge >= 0.3 is 0 Å². The van der Waals surface area contributed by atoms with Crippen LogP contribution in [0.1, 0.15) is 0 Å². The number of thioether (sulfide) groups is 1. The van der Waals surface area contributed by atoms with Gasteiger partial charge in [-0.3, -0.25) is 4.39 Å². The maximum atomic E-state index is 11.9. The first-order valence-electron chi connectivity index (χ1n) is 4.14. The topological polar surface area (TPSA) is 52.0 Å². The number of anilines is 1. The molecule has 0 unspecified atom stereocenters. The average Bonchev–Trinajstić information content (AvgIpc) is 2.56. The van der Waals surface area contributed by atoms with Crippen molar-refractivity contribution >= 4 is 28.5 Å². The predicted octanol–water partition coefficient (Wildman–Crippen LogP) is 2.47. The van der Waals surface area contributed by atoms with Crippen molar-refractivity contribution in [3.05, 3.63) is 18.2 Å². The molecule has 0 amide bonds. The molecule has 0 radical (unpaired) electrons. The second kappa shape index (κ2) is 3.88. The minimum Gasteiger partial charge on any atom is -0.431 e. The van der Waals surface area contributed by atoms with Gasteiger partial charge in [-0.15, -0.1) is 0 Å². The molecule has 2 rings (SSSR count). The lowest BCUT2D eigenvalue weighted by Gasteiger charge is -1.88. The number of rotatable bonds is 3. The van der Waals surface area contributed by atoms with Crippen molar-refractivity contribution in [1.29, 1.82) is 0 Å². The fraction of sp³-hybridized carbons (Fsp3) is 0.222. The SMILES string of the molecule is Nc1ccc2oc(SCCF)nc2c1. The molecule has 1 aromatic heterocycles. The molecule has 0 bridgehead atoms. The number of oxazole rings is 1. The van der Waals surface area contributed by atoms with Crippen LogP contribution in [0.25, 0.3) is 11.1 Å². The Hall–Kier alpha value is -1.23. The molecular formula is C9H9FN2OS. The summed E-state index contributed by atoms with van der Waals surface area (Å²) in [5.41, 5.74) is 7.63. The maximum Gasteiger partial charge on any atom is 0.256 e. The quantitative estimate of drug-likeness (QED) is 0.627. The summed E-state index contributed by atoms with van der Waals surface area (Å²) in [6.07, 6.45) is 0. The molecule has 0 aliphatic rings. The Bertz CT molecular complexity index is 443. The molecular weight excluding hydrogens is 203 g/mol. The van der Waals surface area contributed by atoms with Crippen LogP contribution in [-0.2, 0) is 0 Å². The van der Waals surface area contributed by atoms with Crippen molar-refractivity contribution in [2.45, 2.75) is 5.22 Å². The van der Waals surface area contributed by atoms with Gasteiger partial charge < -0.3 is 10.2 Å². The Kier molecular flexibility index (Phi) is 2.58. The van der Waals surface area contributed by atoms with E-state index in [-0.39, 0.29) is 6.67 Å². The number of nitrogen functional groups attached to an aromatic ring is 1. The predicted molar refractivity (Wildman–Crippen MR) is 55.1 cm³/mol. The molecule has 0 spiro atoms. The highest BCUT2D eigenvalue weighted by Crippen LogP contribution is 2.24. The fourth-order valence-electron chi connectivity index (χ4n) is 1.11. The first kappa shape index (κ1) is 9.33. The second-order valence-electron chi connectivity index (χ2n) is 2.74. The summed E-state index contributed by atoms with van der Waals surface area (Å²) in [6.45, 7) is -0.383. The molecule has 0 aliphatic carbocycles. The number of nitrogens with two attached hydrogens (primary N) is 1. The molecule has 3 nitrogen and oxygen atoms in total. The number of alkyl halides is 1. The van der Waals surface area contributed by atoms with E-state index in [9.17, 15) is 4.39 Å². The zero-order chi connectivity index (χ0) is 9.97. The number of hydrogen-bond donors (Lipinski definition) is 1. The number of benzene rings is 1. The van der Waals surface area contributed by atoms with E-state index >= 15 is 0 Å². The van der Waals surface area contributed by atoms with Crippen molar-refractivity contribution < 1.29 is 8.81 Å². The Morgan fingerprint density at radius 2 is 2.36 bits per heavy atom. The summed E-state index contributed by atoms with van der Waals surface area (Å²) >= 11 is 1.26. The van der Waals surface area contributed by atoms with Gasteiger partial charge in [-0.2, -0.15) is 0 Å². The summed E-state index contributed by atoms with van der Waals surface area (Å²) in [5.74, 6) is 0.363. The van der Waals surface area contributed by atoms with Gasteiger partial charge in [-0.25, -0.2) is 4.98 Å². The third kappa shape index (κ3) is 1.82. The van der Waals surface area contributed by atoms with Crippen LogP contribution in [0.4, 0.5) is 10.1 Å². The van der Waals surface area contributed by atoms with Crippen LogP contribution in [0.5, 0.6) is 0 Å². The Labute approximate surface area is 84.5 Å². The fourth-order valence-corrected chi connectivity index (χ4v) is 1.67. The lowest BCUT2D eigenvalue weighted by Crippen LogP contribution is -1.82. The number of hydrogen-bond acceptors (Lipinski definition) is 4. The largest absolute Gasteiger partial charge is 0.431 e. The molecule has 0 atom stereocenters. The van der Waals surface area contributed by atoms with Gasteiger partial charge in [-0.05, 0) is 18.2 Å². The molecule has 0 fully saturated rings. The molecule has 1 heterocycles. The molecule has 2 aromatic rings. The lowest BCUT2D eigenvalue weighted by atomic mass is 10.3. The Balaban J connectivity index is 2.32. The smallest absolute Gasteiger partial charge is 0.256 e. The van der Waals surface area contributed by atoms with Crippen molar-refractivity contribution in [2.75, 3.05) is 18.2 Å². The zero-order valence-corrected chi connectivity index (χ0v) is 8.18. The standard InChI is InChI=1S/C9H9FN2OS/c10-3-4-14-9-12-7-5-6(11)1-2-8(7)13-9/h1-2,5H,3-4,11H2. The van der Waals surface area contributed by atoms with Gasteiger partial charge in [0.15, 0.2) is 5.58 Å². The minimum absolute atomic E-state index is 0.363. The van der Waals surface area contributed by atoms with Crippen LogP contribution in [-0.4, -0.2) is 17.4 Å². The number of fused-ring (bicyclic) bond motifs is 1. The van der Waals surface area contributed by atoms with E-state index in [2.05, 4.69) is 4.98 Å². The normalized spacial score (nSPS) is 10.9. The Morgan fingerprint density at radius 3 is 3.14 bits per heavy atom. The Morgan fingerprint density at radius 1 is 1.50 bits per heavy atom. The first-order chi connectivity index (χ1) is 6.79. The van der Waals surface area contributed by atoms with Gasteiger partial charge in [0.1, 0.15) is 5.52 Å². The van der Waals surface area contributed by atoms with Crippen LogP contribution in [0.15, 0.2) is 27.8 Å². The van der Waals surface area contributed by atoms with Gasteiger partial charge in [0.05, 0.1) is 6.67 Å². The maximum absolute atomic E-state index is 11.9. The highest BCUT2D eigenvalue weighted by atomic mass is 32.2. The van der Waals surface area contributed by atoms with E-state index < -0.39 is 0 Å². The van der Waals surface area contributed by atoms with E-state index in [0.717, 1.165) is 0 Å². The highest BCUT2D eigenvalue weighted by Gasteiger charge is 2.05. The van der Waals surface area contributed by atoms with Crippen LogP contribution in [0, 0.1) is 0 Å². The molecule has 1 aromatic carbocycles. The minimum atomic E-state index is -0.383. The van der Waals surface area contributed by atoms with E-state index in [1.165, 1.54) is 11.8 Å². The van der Waals surface area contributed by atoms with E-state index in [0.29, 0.717) is 27.8 Å². The van der Waals surface area contributed by atoms with Crippen LogP contribution >= 0.6 is 11.8 Å². The van der Waals surface area contributed by atoms with Crippen molar-refractivity contribution in [3.63, 3.8) is 0 Å². The zero-order valence-electron chi connectivity index (χ0n) is 7.37. The molecule has 0 saturated carbocycles. The number of aromatic nitrogens is 1. The molecule has 0 aliphatic heterocycles. The van der Waals surface area contributed by atoms with Crippen molar-refractivity contribution in [1.82, 2.24) is 4.98 Å². The van der Waals surface area contributed by atoms with E-state index in [1.54, 1.807) is 18.2 Å². The monoisotopic (exact) mass is 212 g/mol. The van der Waals surface area contributed by atoms with Gasteiger partial charge in [0.2, 0.25) is 0 Å². The van der Waals surface area contributed by atoms with Crippen molar-refractivity contribution in [3.8, 4) is 0 Å². The third-order valence-corrected chi connectivity index (χ3v) is 2.47. The summed E-state index contributed by atoms with van der Waals surface area (Å²) in [7, 11) is 0. The first-order valence-corrected chi connectivity index (χ1v) is 5.13. The molecule has 2 N–H and O–H groups in total. The highest BCUT2D eigenvalue weighted by molar-refractivity contribution is 7.99. The van der Waals surface area contributed by atoms with E-state index in [4.69, 9.17) is 10.2 Å². The summed E-state index contributed by atoms with van der Waals surface area (Å²) in [5, 5.41) is 0.489. The summed E-state index contributed by atoms with van der Waals surface area (Å²) < 4.78 is 17.2. The van der Waals surface area contributed by atoms with Crippen molar-refractivity contribution in [2.24, 2.45) is 0 Å². The molecule has 74 valence electrons. The molecule has 5 heteroatoms. The number of nitrogens with zero attached hydrogens (tertiary/aromatic N) is 1. The van der Waals surface area contributed by atoms with E-state index in [1.807, 2.05) is 0 Å². The number of halogens is 1. The van der Waals surface area contributed by atoms with Gasteiger partial charge in [0.25, 0.3) is 5.22 Å². The summed E-state index contributed by atoms with van der Waals surface area (Å²) in [6, 6.07) is 5.24. The lowest BCUT2D eigenvalue weighted by molar-refractivity contribution is 0.486.